The van der Waals surface area contributed by atoms with E-state index in [-0.39, 0.29) is 12.5 Å². The van der Waals surface area contributed by atoms with Crippen LogP contribution in [0.5, 0.6) is 0 Å². The number of aliphatic hydroxyl groups excluding tert-OH is 5. The van der Waals surface area contributed by atoms with Crippen molar-refractivity contribution in [3.63, 3.8) is 0 Å². The number of hydrogen-bond donors (Lipinski definition) is 6. The summed E-state index contributed by atoms with van der Waals surface area (Å²) in [5, 5.41) is 54.4. The van der Waals surface area contributed by atoms with Crippen molar-refractivity contribution in [2.75, 3.05) is 13.2 Å². The van der Waals surface area contributed by atoms with Crippen LogP contribution in [0.1, 0.15) is 245 Å². The number of hydrogen-bond acceptors (Lipinski definition) is 8. The third-order valence-electron chi connectivity index (χ3n) is 12.4. The van der Waals surface area contributed by atoms with E-state index < -0.39 is 49.5 Å². The fourth-order valence-electron chi connectivity index (χ4n) is 8.27. The van der Waals surface area contributed by atoms with Gasteiger partial charge in [0.2, 0.25) is 5.91 Å². The number of aliphatic hydroxyl groups is 5. The molecule has 1 aliphatic heterocycles. The van der Waals surface area contributed by atoms with E-state index in [2.05, 4.69) is 31.3 Å². The second kappa shape index (κ2) is 41.0. The van der Waals surface area contributed by atoms with E-state index in [9.17, 15) is 30.3 Å². The van der Waals surface area contributed by atoms with Gasteiger partial charge in [0.05, 0.1) is 25.4 Å². The van der Waals surface area contributed by atoms with Crippen molar-refractivity contribution in [1.82, 2.24) is 5.32 Å². The average Bonchev–Trinajstić information content (AvgIpc) is 3.23. The van der Waals surface area contributed by atoms with Crippen molar-refractivity contribution < 1.29 is 39.8 Å². The van der Waals surface area contributed by atoms with Gasteiger partial charge in [0.25, 0.3) is 0 Å². The van der Waals surface area contributed by atoms with Crippen LogP contribution in [0.15, 0.2) is 12.2 Å². The lowest BCUT2D eigenvalue weighted by Crippen LogP contribution is -2.60. The van der Waals surface area contributed by atoms with E-state index >= 15 is 0 Å². The lowest BCUT2D eigenvalue weighted by molar-refractivity contribution is -0.302. The molecule has 7 unspecified atom stereocenters. The molecule has 1 rings (SSSR count). The average molecular weight is 840 g/mol. The second-order valence-electron chi connectivity index (χ2n) is 18.0. The number of unbranched alkanes of at least 4 members (excludes halogenated alkanes) is 31. The molecule has 1 aliphatic rings. The maximum Gasteiger partial charge on any atom is 0.220 e. The van der Waals surface area contributed by atoms with Crippen molar-refractivity contribution in [3.8, 4) is 0 Å². The molecule has 7 atom stereocenters. The summed E-state index contributed by atoms with van der Waals surface area (Å²) < 4.78 is 11.3. The zero-order valence-electron chi connectivity index (χ0n) is 38.5. The van der Waals surface area contributed by atoms with Crippen LogP contribution in [-0.4, -0.2) is 87.5 Å². The van der Waals surface area contributed by atoms with Crippen LogP contribution in [0.25, 0.3) is 0 Å². The van der Waals surface area contributed by atoms with Gasteiger partial charge in [-0.05, 0) is 38.5 Å². The molecule has 1 saturated heterocycles. The summed E-state index contributed by atoms with van der Waals surface area (Å²) in [7, 11) is 0. The Kier molecular flexibility index (Phi) is 38.9. The van der Waals surface area contributed by atoms with Crippen molar-refractivity contribution >= 4 is 5.91 Å². The standard InChI is InChI=1S/C50H97NO8/c1-3-5-7-9-11-13-15-17-18-19-20-21-22-23-24-25-26-28-30-32-34-36-38-40-46(54)51-43(42-58-50-49(57)48(56)47(55)45(41-52)59-50)44(53)39-37-35-33-31-29-27-16-14-12-10-8-6-4-2/h17-18,43-45,47-50,52-53,55-57H,3-16,19-42H2,1-2H3,(H,51,54). The van der Waals surface area contributed by atoms with Crippen molar-refractivity contribution in [2.24, 2.45) is 0 Å². The smallest absolute Gasteiger partial charge is 0.220 e. The summed E-state index contributed by atoms with van der Waals surface area (Å²) in [6.45, 7) is 3.84. The normalized spacial score (nSPS) is 20.7. The number of nitrogens with one attached hydrogen (secondary N) is 1. The van der Waals surface area contributed by atoms with Crippen LogP contribution >= 0.6 is 0 Å². The van der Waals surface area contributed by atoms with Crippen molar-refractivity contribution in [3.05, 3.63) is 12.2 Å². The highest BCUT2D eigenvalue weighted by atomic mass is 16.7. The van der Waals surface area contributed by atoms with Gasteiger partial charge in [-0.25, -0.2) is 0 Å². The van der Waals surface area contributed by atoms with Gasteiger partial charge in [-0.1, -0.05) is 212 Å². The maximum atomic E-state index is 13.0. The summed E-state index contributed by atoms with van der Waals surface area (Å²) in [6, 6.07) is -0.714. The number of carbonyl (C=O) groups excluding carboxylic acids is 1. The largest absolute Gasteiger partial charge is 0.394 e. The van der Waals surface area contributed by atoms with E-state index in [1.165, 1.54) is 180 Å². The molecular formula is C50H97NO8. The SMILES string of the molecule is CCCCCCCCC=CCCCCCCCCCCCCCCCC(=O)NC(COC1OC(CO)C(O)C(O)C1O)C(O)CCCCCCCCCCCCCCC. The van der Waals surface area contributed by atoms with Gasteiger partial charge in [0, 0.05) is 6.42 Å². The van der Waals surface area contributed by atoms with E-state index in [4.69, 9.17) is 9.47 Å². The highest BCUT2D eigenvalue weighted by Crippen LogP contribution is 2.23. The molecule has 350 valence electrons. The van der Waals surface area contributed by atoms with E-state index in [0.717, 1.165) is 38.5 Å². The fraction of sp³-hybridized carbons (Fsp3) is 0.940. The van der Waals surface area contributed by atoms with Crippen molar-refractivity contribution in [1.29, 1.82) is 0 Å². The van der Waals surface area contributed by atoms with Crippen LogP contribution in [0, 0.1) is 0 Å². The number of carbonyl (C=O) groups is 1. The Balaban J connectivity index is 2.22. The summed E-state index contributed by atoms with van der Waals surface area (Å²) in [6.07, 6.45) is 40.8. The highest BCUT2D eigenvalue weighted by Gasteiger charge is 2.44. The minimum atomic E-state index is -1.55. The number of ether oxygens (including phenoxy) is 2. The molecule has 9 heteroatoms. The molecule has 0 radical (unpaired) electrons. The Morgan fingerprint density at radius 1 is 0.559 bits per heavy atom. The van der Waals surface area contributed by atoms with E-state index in [1.807, 2.05) is 0 Å². The summed E-state index contributed by atoms with van der Waals surface area (Å²) >= 11 is 0. The molecule has 0 aromatic heterocycles. The fourth-order valence-corrected chi connectivity index (χ4v) is 8.27. The molecule has 1 fully saturated rings. The van der Waals surface area contributed by atoms with Gasteiger partial charge in [-0.15, -0.1) is 0 Å². The van der Waals surface area contributed by atoms with Gasteiger partial charge < -0.3 is 40.3 Å². The van der Waals surface area contributed by atoms with Crippen LogP contribution < -0.4 is 5.32 Å². The minimum absolute atomic E-state index is 0.134. The first kappa shape index (κ1) is 55.9. The van der Waals surface area contributed by atoms with Gasteiger partial charge in [0.15, 0.2) is 6.29 Å². The predicted octanol–water partition coefficient (Wildman–Crippen LogP) is 11.3. The molecule has 1 heterocycles. The molecule has 1 amide bonds. The predicted molar refractivity (Wildman–Crippen MR) is 244 cm³/mol. The van der Waals surface area contributed by atoms with E-state index in [1.54, 1.807) is 0 Å². The monoisotopic (exact) mass is 840 g/mol. The lowest BCUT2D eigenvalue weighted by atomic mass is 9.99. The van der Waals surface area contributed by atoms with Gasteiger partial charge in [-0.3, -0.25) is 4.79 Å². The maximum absolute atomic E-state index is 13.0. The van der Waals surface area contributed by atoms with Crippen LogP contribution in [0.3, 0.4) is 0 Å². The summed E-state index contributed by atoms with van der Waals surface area (Å²) in [5.41, 5.74) is 0. The molecule has 0 spiro atoms. The molecule has 0 aliphatic carbocycles. The Labute approximate surface area is 363 Å². The third kappa shape index (κ3) is 31.4. The minimum Gasteiger partial charge on any atom is -0.394 e. The van der Waals surface area contributed by atoms with Crippen LogP contribution in [-0.2, 0) is 14.3 Å². The van der Waals surface area contributed by atoms with Gasteiger partial charge >= 0.3 is 0 Å². The molecular weight excluding hydrogens is 743 g/mol. The van der Waals surface area contributed by atoms with Crippen LogP contribution in [0.4, 0.5) is 0 Å². The third-order valence-corrected chi connectivity index (χ3v) is 12.4. The molecule has 9 nitrogen and oxygen atoms in total. The lowest BCUT2D eigenvalue weighted by Gasteiger charge is -2.40. The highest BCUT2D eigenvalue weighted by molar-refractivity contribution is 5.76. The zero-order chi connectivity index (χ0) is 43.0. The summed E-state index contributed by atoms with van der Waals surface area (Å²) in [4.78, 5) is 13.0. The topological polar surface area (TPSA) is 149 Å². The molecule has 0 aromatic rings. The first-order chi connectivity index (χ1) is 28.8. The molecule has 0 aromatic carbocycles. The van der Waals surface area contributed by atoms with Gasteiger partial charge in [0.1, 0.15) is 24.4 Å². The second-order valence-corrected chi connectivity index (χ2v) is 18.0. The number of amides is 1. The number of rotatable bonds is 43. The molecule has 0 saturated carbocycles. The summed E-state index contributed by atoms with van der Waals surface area (Å²) in [5.74, 6) is -0.142. The molecule has 6 N–H and O–H groups in total. The van der Waals surface area contributed by atoms with Crippen LogP contribution in [0.2, 0.25) is 0 Å². The Morgan fingerprint density at radius 2 is 0.949 bits per heavy atom. The molecule has 59 heavy (non-hydrogen) atoms. The van der Waals surface area contributed by atoms with Gasteiger partial charge in [-0.2, -0.15) is 0 Å². The molecule has 0 bridgehead atoms. The Bertz CT molecular complexity index is 935. The zero-order valence-corrected chi connectivity index (χ0v) is 38.5. The van der Waals surface area contributed by atoms with Crippen molar-refractivity contribution in [2.45, 2.75) is 288 Å². The first-order valence-corrected chi connectivity index (χ1v) is 25.4. The first-order valence-electron chi connectivity index (χ1n) is 25.4. The van der Waals surface area contributed by atoms with E-state index in [0.29, 0.717) is 12.8 Å². The Morgan fingerprint density at radius 3 is 1.37 bits per heavy atom. The number of allylic oxidation sites excluding steroid dienone is 2. The quantitative estimate of drug-likeness (QED) is 0.0263. The Hall–Kier alpha value is -1.07.